The lowest BCUT2D eigenvalue weighted by atomic mass is 10.1. The molecule has 1 fully saturated rings. The summed E-state index contributed by atoms with van der Waals surface area (Å²) >= 11 is 5.20. The topological polar surface area (TPSA) is 58.6 Å². The Kier molecular flexibility index (Phi) is 5.14. The molecule has 1 N–H and O–H groups in total. The van der Waals surface area contributed by atoms with Crippen molar-refractivity contribution in [1.29, 1.82) is 0 Å². The Morgan fingerprint density at radius 3 is 2.35 bits per heavy atom. The van der Waals surface area contributed by atoms with E-state index < -0.39 is 11.8 Å². The molecule has 0 radical (unpaired) electrons. The third-order valence-electron chi connectivity index (χ3n) is 3.90. The molecule has 1 heterocycles. The largest absolute Gasteiger partial charge is 0.494 e. The molecule has 1 saturated heterocycles. The minimum absolute atomic E-state index is 0.0383. The van der Waals surface area contributed by atoms with E-state index >= 15 is 0 Å². The van der Waals surface area contributed by atoms with Gasteiger partial charge in [-0.1, -0.05) is 29.8 Å². The molecular formula is C20H18N2O3S. The molecule has 1 aliphatic rings. The zero-order valence-corrected chi connectivity index (χ0v) is 15.3. The van der Waals surface area contributed by atoms with Gasteiger partial charge in [-0.15, -0.1) is 0 Å². The maximum Gasteiger partial charge on any atom is 0.270 e. The molecule has 0 unspecified atom stereocenters. The summed E-state index contributed by atoms with van der Waals surface area (Å²) in [6.07, 6.45) is 1.57. The first-order valence-electron chi connectivity index (χ1n) is 8.20. The van der Waals surface area contributed by atoms with Gasteiger partial charge in [-0.25, -0.2) is 0 Å². The Hall–Kier alpha value is -2.99. The molecule has 3 rings (SSSR count). The molecular weight excluding hydrogens is 348 g/mol. The molecule has 2 aromatic rings. The Morgan fingerprint density at radius 2 is 1.73 bits per heavy atom. The van der Waals surface area contributed by atoms with Gasteiger partial charge in [0.2, 0.25) is 0 Å². The fraction of sp³-hybridized carbons (Fsp3) is 0.150. The van der Waals surface area contributed by atoms with E-state index in [1.807, 2.05) is 38.1 Å². The minimum Gasteiger partial charge on any atom is -0.494 e. The van der Waals surface area contributed by atoms with Crippen molar-refractivity contribution in [1.82, 2.24) is 5.32 Å². The van der Waals surface area contributed by atoms with E-state index in [9.17, 15) is 9.59 Å². The first-order chi connectivity index (χ1) is 12.5. The highest BCUT2D eigenvalue weighted by molar-refractivity contribution is 7.80. The maximum atomic E-state index is 12.9. The van der Waals surface area contributed by atoms with E-state index in [1.165, 1.54) is 4.90 Å². The highest BCUT2D eigenvalue weighted by Crippen LogP contribution is 2.24. The second kappa shape index (κ2) is 7.49. The average Bonchev–Trinajstić information content (AvgIpc) is 2.62. The Morgan fingerprint density at radius 1 is 1.08 bits per heavy atom. The zero-order chi connectivity index (χ0) is 18.7. The van der Waals surface area contributed by atoms with Crippen molar-refractivity contribution >= 4 is 40.9 Å². The van der Waals surface area contributed by atoms with Crippen LogP contribution < -0.4 is 15.0 Å². The lowest BCUT2D eigenvalue weighted by Crippen LogP contribution is -2.54. The van der Waals surface area contributed by atoms with Crippen molar-refractivity contribution in [2.75, 3.05) is 11.5 Å². The summed E-state index contributed by atoms with van der Waals surface area (Å²) in [7, 11) is 0. The van der Waals surface area contributed by atoms with Crippen molar-refractivity contribution in [3.63, 3.8) is 0 Å². The lowest BCUT2D eigenvalue weighted by Gasteiger charge is -2.29. The minimum atomic E-state index is -0.497. The Balaban J connectivity index is 1.93. The standard InChI is InChI=1S/C20H18N2O3S/c1-3-25-16-10-8-15(9-11-16)22-19(24)17(18(23)21-20(22)26)12-14-6-4-13(2)5-7-14/h4-12H,3H2,1-2H3,(H,21,23,26)/b17-12-. The first kappa shape index (κ1) is 17.8. The van der Waals surface area contributed by atoms with Gasteiger partial charge in [0.05, 0.1) is 12.3 Å². The third kappa shape index (κ3) is 3.65. The van der Waals surface area contributed by atoms with Gasteiger partial charge < -0.3 is 4.74 Å². The van der Waals surface area contributed by atoms with Crippen LogP contribution in [0.4, 0.5) is 5.69 Å². The molecule has 0 aliphatic carbocycles. The Bertz CT molecular complexity index is 886. The molecule has 132 valence electrons. The fourth-order valence-corrected chi connectivity index (χ4v) is 2.86. The van der Waals surface area contributed by atoms with Crippen molar-refractivity contribution in [2.45, 2.75) is 13.8 Å². The fourth-order valence-electron chi connectivity index (χ4n) is 2.58. The molecule has 0 bridgehead atoms. The number of nitrogens with zero attached hydrogens (tertiary/aromatic N) is 1. The van der Waals surface area contributed by atoms with Crippen LogP contribution in [0.15, 0.2) is 54.1 Å². The second-order valence-corrected chi connectivity index (χ2v) is 6.18. The van der Waals surface area contributed by atoms with Crippen LogP contribution in [0, 0.1) is 6.92 Å². The van der Waals surface area contributed by atoms with Crippen molar-refractivity contribution in [3.8, 4) is 5.75 Å². The number of thiocarbonyl (C=S) groups is 1. The van der Waals surface area contributed by atoms with Gasteiger partial charge in [-0.05, 0) is 62.0 Å². The number of carbonyl (C=O) groups is 2. The summed E-state index contributed by atoms with van der Waals surface area (Å²) in [4.78, 5) is 26.5. The number of aryl methyl sites for hydroxylation is 1. The number of amides is 2. The summed E-state index contributed by atoms with van der Waals surface area (Å²) in [6, 6.07) is 14.5. The highest BCUT2D eigenvalue weighted by Gasteiger charge is 2.34. The summed E-state index contributed by atoms with van der Waals surface area (Å²) in [5.41, 5.74) is 2.48. The monoisotopic (exact) mass is 366 g/mol. The zero-order valence-electron chi connectivity index (χ0n) is 14.5. The number of ether oxygens (including phenoxy) is 1. The number of carbonyl (C=O) groups excluding carboxylic acids is 2. The molecule has 26 heavy (non-hydrogen) atoms. The third-order valence-corrected chi connectivity index (χ3v) is 4.18. The van der Waals surface area contributed by atoms with Crippen LogP contribution in [-0.2, 0) is 9.59 Å². The normalized spacial score (nSPS) is 16.0. The number of anilines is 1. The molecule has 0 atom stereocenters. The molecule has 6 heteroatoms. The molecule has 2 amide bonds. The van der Waals surface area contributed by atoms with E-state index in [1.54, 1.807) is 30.3 Å². The average molecular weight is 366 g/mol. The van der Waals surface area contributed by atoms with Crippen LogP contribution in [0.1, 0.15) is 18.1 Å². The summed E-state index contributed by atoms with van der Waals surface area (Å²) in [5, 5.41) is 2.64. The summed E-state index contributed by atoms with van der Waals surface area (Å²) < 4.78 is 5.41. The van der Waals surface area contributed by atoms with Gasteiger partial charge >= 0.3 is 0 Å². The van der Waals surface area contributed by atoms with Crippen molar-refractivity contribution in [3.05, 3.63) is 65.2 Å². The summed E-state index contributed by atoms with van der Waals surface area (Å²) in [5.74, 6) is -0.252. The smallest absolute Gasteiger partial charge is 0.270 e. The molecule has 0 saturated carbocycles. The van der Waals surface area contributed by atoms with Crippen LogP contribution in [0.3, 0.4) is 0 Å². The molecule has 0 spiro atoms. The van der Waals surface area contributed by atoms with E-state index in [0.717, 1.165) is 11.1 Å². The van der Waals surface area contributed by atoms with E-state index in [-0.39, 0.29) is 10.7 Å². The first-order valence-corrected chi connectivity index (χ1v) is 8.61. The van der Waals surface area contributed by atoms with Gasteiger partial charge in [0.15, 0.2) is 5.11 Å². The van der Waals surface area contributed by atoms with Gasteiger partial charge in [-0.2, -0.15) is 0 Å². The second-order valence-electron chi connectivity index (χ2n) is 5.80. The summed E-state index contributed by atoms with van der Waals surface area (Å²) in [6.45, 7) is 4.43. The lowest BCUT2D eigenvalue weighted by molar-refractivity contribution is -0.122. The number of hydrogen-bond donors (Lipinski definition) is 1. The van der Waals surface area contributed by atoms with Crippen LogP contribution in [0.5, 0.6) is 5.75 Å². The molecule has 2 aromatic carbocycles. The number of nitrogens with one attached hydrogen (secondary N) is 1. The van der Waals surface area contributed by atoms with E-state index in [0.29, 0.717) is 18.0 Å². The predicted molar refractivity (Wildman–Crippen MR) is 105 cm³/mol. The van der Waals surface area contributed by atoms with Crippen molar-refractivity contribution < 1.29 is 14.3 Å². The van der Waals surface area contributed by atoms with E-state index in [2.05, 4.69) is 5.32 Å². The Labute approximate surface area is 157 Å². The van der Waals surface area contributed by atoms with Crippen LogP contribution in [0.2, 0.25) is 0 Å². The van der Waals surface area contributed by atoms with Crippen LogP contribution in [0.25, 0.3) is 6.08 Å². The molecule has 0 aromatic heterocycles. The number of benzene rings is 2. The van der Waals surface area contributed by atoms with Gasteiger partial charge in [-0.3, -0.25) is 19.8 Å². The molecule has 1 aliphatic heterocycles. The highest BCUT2D eigenvalue weighted by atomic mass is 32.1. The molecule has 5 nitrogen and oxygen atoms in total. The van der Waals surface area contributed by atoms with Crippen LogP contribution >= 0.6 is 12.2 Å². The number of rotatable bonds is 4. The number of hydrogen-bond acceptors (Lipinski definition) is 4. The van der Waals surface area contributed by atoms with Gasteiger partial charge in [0.1, 0.15) is 11.3 Å². The maximum absolute atomic E-state index is 12.9. The van der Waals surface area contributed by atoms with Gasteiger partial charge in [0, 0.05) is 0 Å². The van der Waals surface area contributed by atoms with E-state index in [4.69, 9.17) is 17.0 Å². The van der Waals surface area contributed by atoms with Crippen molar-refractivity contribution in [2.24, 2.45) is 0 Å². The van der Waals surface area contributed by atoms with Gasteiger partial charge in [0.25, 0.3) is 11.8 Å². The predicted octanol–water partition coefficient (Wildman–Crippen LogP) is 3.23. The SMILES string of the molecule is CCOc1ccc(N2C(=O)/C(=C\c3ccc(C)cc3)C(=O)NC2=S)cc1. The van der Waals surface area contributed by atoms with Crippen LogP contribution in [-0.4, -0.2) is 23.5 Å². The quantitative estimate of drug-likeness (QED) is 0.513.